The zero-order valence-electron chi connectivity index (χ0n) is 11.0. The van der Waals surface area contributed by atoms with Crippen LogP contribution in [0.4, 0.5) is 0 Å². The SMILES string of the molecule is CC(C)=C1SCC(c2ccccc2)OC1(C)C. The van der Waals surface area contributed by atoms with E-state index in [9.17, 15) is 0 Å². The third kappa shape index (κ3) is 2.75. The number of hydrogen-bond donors (Lipinski definition) is 0. The molecule has 0 aliphatic carbocycles. The molecule has 2 heteroatoms. The Kier molecular flexibility index (Phi) is 3.64. The molecule has 0 spiro atoms. The van der Waals surface area contributed by atoms with E-state index in [0.717, 1.165) is 5.75 Å². The van der Waals surface area contributed by atoms with Gasteiger partial charge in [0.25, 0.3) is 0 Å². The third-order valence-electron chi connectivity index (χ3n) is 2.99. The molecule has 0 amide bonds. The molecule has 1 aliphatic rings. The van der Waals surface area contributed by atoms with Crippen molar-refractivity contribution >= 4 is 11.8 Å². The standard InChI is InChI=1S/C15H20OS/c1-11(2)14-15(3,4)16-13(10-17-14)12-8-6-5-7-9-12/h5-9,13H,10H2,1-4H3. The first-order valence-corrected chi connectivity index (χ1v) is 7.03. The maximum absolute atomic E-state index is 6.26. The van der Waals surface area contributed by atoms with Gasteiger partial charge in [-0.3, -0.25) is 0 Å². The number of hydrogen-bond acceptors (Lipinski definition) is 2. The van der Waals surface area contributed by atoms with Crippen LogP contribution < -0.4 is 0 Å². The minimum Gasteiger partial charge on any atom is -0.362 e. The molecule has 0 N–H and O–H groups in total. The maximum atomic E-state index is 6.26. The van der Waals surface area contributed by atoms with Crippen LogP contribution in [0.2, 0.25) is 0 Å². The van der Waals surface area contributed by atoms with Gasteiger partial charge < -0.3 is 4.74 Å². The summed E-state index contributed by atoms with van der Waals surface area (Å²) >= 11 is 1.94. The van der Waals surface area contributed by atoms with Crippen LogP contribution >= 0.6 is 11.8 Å². The second-order valence-corrected chi connectivity index (χ2v) is 6.20. The quantitative estimate of drug-likeness (QED) is 0.720. The summed E-state index contributed by atoms with van der Waals surface area (Å²) in [5.74, 6) is 1.01. The van der Waals surface area contributed by atoms with Crippen molar-refractivity contribution < 1.29 is 4.74 Å². The van der Waals surface area contributed by atoms with Gasteiger partial charge in [-0.15, -0.1) is 11.8 Å². The molecule has 1 aromatic carbocycles. The zero-order valence-corrected chi connectivity index (χ0v) is 11.8. The highest BCUT2D eigenvalue weighted by Crippen LogP contribution is 2.44. The Bertz CT molecular complexity index is 416. The molecule has 1 aliphatic heterocycles. The topological polar surface area (TPSA) is 9.23 Å². The molecule has 0 bridgehead atoms. The Labute approximate surface area is 108 Å². The summed E-state index contributed by atoms with van der Waals surface area (Å²) in [4.78, 5) is 1.38. The van der Waals surface area contributed by atoms with Gasteiger partial charge in [-0.1, -0.05) is 35.9 Å². The van der Waals surface area contributed by atoms with Gasteiger partial charge in [0.15, 0.2) is 0 Å². The van der Waals surface area contributed by atoms with Crippen molar-refractivity contribution in [2.75, 3.05) is 5.75 Å². The molecule has 2 rings (SSSR count). The number of thioether (sulfide) groups is 1. The fourth-order valence-electron chi connectivity index (χ4n) is 2.35. The largest absolute Gasteiger partial charge is 0.362 e. The summed E-state index contributed by atoms with van der Waals surface area (Å²) in [6, 6.07) is 10.5. The van der Waals surface area contributed by atoms with Crippen molar-refractivity contribution in [2.24, 2.45) is 0 Å². The van der Waals surface area contributed by atoms with E-state index < -0.39 is 0 Å². The van der Waals surface area contributed by atoms with E-state index in [2.05, 4.69) is 52.0 Å². The number of benzene rings is 1. The van der Waals surface area contributed by atoms with Crippen LogP contribution in [-0.4, -0.2) is 11.4 Å². The first-order chi connectivity index (χ1) is 8.00. The lowest BCUT2D eigenvalue weighted by atomic mass is 10.0. The smallest absolute Gasteiger partial charge is 0.0941 e. The van der Waals surface area contributed by atoms with Crippen LogP contribution in [-0.2, 0) is 4.74 Å². The van der Waals surface area contributed by atoms with Gasteiger partial charge in [0.2, 0.25) is 0 Å². The molecule has 1 fully saturated rings. The molecule has 1 heterocycles. The molecule has 0 saturated carbocycles. The van der Waals surface area contributed by atoms with Crippen LogP contribution in [0.3, 0.4) is 0 Å². The molecule has 17 heavy (non-hydrogen) atoms. The number of rotatable bonds is 1. The van der Waals surface area contributed by atoms with Gasteiger partial charge in [-0.2, -0.15) is 0 Å². The summed E-state index contributed by atoms with van der Waals surface area (Å²) in [6.45, 7) is 8.65. The minimum atomic E-state index is -0.164. The van der Waals surface area contributed by atoms with E-state index in [0.29, 0.717) is 0 Å². The highest BCUT2D eigenvalue weighted by atomic mass is 32.2. The lowest BCUT2D eigenvalue weighted by Crippen LogP contribution is -2.34. The van der Waals surface area contributed by atoms with Crippen LogP contribution in [0.5, 0.6) is 0 Å². The molecule has 1 atom stereocenters. The Balaban J connectivity index is 2.21. The third-order valence-corrected chi connectivity index (χ3v) is 4.65. The lowest BCUT2D eigenvalue weighted by molar-refractivity contribution is -0.0391. The Morgan fingerprint density at radius 3 is 2.41 bits per heavy atom. The summed E-state index contributed by atoms with van der Waals surface area (Å²) in [7, 11) is 0. The van der Waals surface area contributed by atoms with E-state index >= 15 is 0 Å². The first-order valence-electron chi connectivity index (χ1n) is 6.04. The summed E-state index contributed by atoms with van der Waals surface area (Å²) in [5.41, 5.74) is 2.48. The average molecular weight is 248 g/mol. The molecule has 0 aromatic heterocycles. The highest BCUT2D eigenvalue weighted by Gasteiger charge is 2.34. The average Bonchev–Trinajstić information content (AvgIpc) is 2.28. The van der Waals surface area contributed by atoms with Crippen molar-refractivity contribution in [1.82, 2.24) is 0 Å². The summed E-state index contributed by atoms with van der Waals surface area (Å²) < 4.78 is 6.26. The van der Waals surface area contributed by atoms with Crippen LogP contribution in [0.15, 0.2) is 40.8 Å². The fourth-order valence-corrected chi connectivity index (χ4v) is 3.62. The molecule has 92 valence electrons. The fraction of sp³-hybridized carbons (Fsp3) is 0.467. The zero-order chi connectivity index (χ0) is 12.5. The first kappa shape index (κ1) is 12.7. The summed E-state index contributed by atoms with van der Waals surface area (Å²) in [5, 5.41) is 0. The Hall–Kier alpha value is -0.730. The van der Waals surface area contributed by atoms with Gasteiger partial charge in [-0.25, -0.2) is 0 Å². The van der Waals surface area contributed by atoms with Gasteiger partial charge in [0, 0.05) is 10.7 Å². The molecule has 1 aromatic rings. The molecule has 0 radical (unpaired) electrons. The minimum absolute atomic E-state index is 0.164. The normalized spacial score (nSPS) is 23.5. The second-order valence-electron chi connectivity index (χ2n) is 5.17. The molecular weight excluding hydrogens is 228 g/mol. The van der Waals surface area contributed by atoms with Gasteiger partial charge >= 0.3 is 0 Å². The number of allylic oxidation sites excluding steroid dienone is 1. The second kappa shape index (κ2) is 4.87. The summed E-state index contributed by atoms with van der Waals surface area (Å²) in [6.07, 6.45) is 0.208. The van der Waals surface area contributed by atoms with Crippen LogP contribution in [0, 0.1) is 0 Å². The van der Waals surface area contributed by atoms with Crippen LogP contribution in [0.25, 0.3) is 0 Å². The molecule has 1 nitrogen and oxygen atoms in total. The van der Waals surface area contributed by atoms with Crippen LogP contribution in [0.1, 0.15) is 39.4 Å². The van der Waals surface area contributed by atoms with Gasteiger partial charge in [-0.05, 0) is 33.3 Å². The van der Waals surface area contributed by atoms with Crippen molar-refractivity contribution in [3.05, 3.63) is 46.4 Å². The predicted molar refractivity (Wildman–Crippen MR) is 75.2 cm³/mol. The van der Waals surface area contributed by atoms with Gasteiger partial charge in [0.05, 0.1) is 11.7 Å². The van der Waals surface area contributed by atoms with Crippen molar-refractivity contribution in [3.8, 4) is 0 Å². The van der Waals surface area contributed by atoms with E-state index in [4.69, 9.17) is 4.74 Å². The number of ether oxygens (including phenoxy) is 1. The van der Waals surface area contributed by atoms with Crippen molar-refractivity contribution in [1.29, 1.82) is 0 Å². The van der Waals surface area contributed by atoms with E-state index in [-0.39, 0.29) is 11.7 Å². The Morgan fingerprint density at radius 2 is 1.88 bits per heavy atom. The molecular formula is C15H20OS. The van der Waals surface area contributed by atoms with E-state index in [1.54, 1.807) is 0 Å². The lowest BCUT2D eigenvalue weighted by Gasteiger charge is -2.39. The van der Waals surface area contributed by atoms with E-state index in [1.165, 1.54) is 16.0 Å². The van der Waals surface area contributed by atoms with E-state index in [1.807, 2.05) is 17.8 Å². The monoisotopic (exact) mass is 248 g/mol. The van der Waals surface area contributed by atoms with Gasteiger partial charge in [0.1, 0.15) is 0 Å². The molecule has 1 unspecified atom stereocenters. The van der Waals surface area contributed by atoms with Crippen molar-refractivity contribution in [3.63, 3.8) is 0 Å². The highest BCUT2D eigenvalue weighted by molar-refractivity contribution is 8.03. The van der Waals surface area contributed by atoms with Crippen molar-refractivity contribution in [2.45, 2.75) is 39.4 Å². The predicted octanol–water partition coefficient (Wildman–Crippen LogP) is 4.56. The maximum Gasteiger partial charge on any atom is 0.0941 e. The Morgan fingerprint density at radius 1 is 1.24 bits per heavy atom. The molecule has 1 saturated heterocycles.